The van der Waals surface area contributed by atoms with E-state index >= 15 is 0 Å². The molecule has 2 heterocycles. The summed E-state index contributed by atoms with van der Waals surface area (Å²) in [6.07, 6.45) is 7.22. The van der Waals surface area contributed by atoms with Gasteiger partial charge in [0.2, 0.25) is 0 Å². The average Bonchev–Trinajstić information content (AvgIpc) is 3.37. The number of nitrogens with one attached hydrogen (secondary N) is 1. The Morgan fingerprint density at radius 1 is 1.19 bits per heavy atom. The second-order valence-corrected chi connectivity index (χ2v) is 6.33. The number of aromatic nitrogens is 1. The molecule has 1 aromatic carbocycles. The van der Waals surface area contributed by atoms with Gasteiger partial charge in [-0.1, -0.05) is 12.1 Å². The molecule has 110 valence electrons. The van der Waals surface area contributed by atoms with Crippen LogP contribution < -0.4 is 5.32 Å². The van der Waals surface area contributed by atoms with E-state index in [0.717, 1.165) is 24.7 Å². The molecule has 2 fully saturated rings. The monoisotopic (exact) mass is 282 g/mol. The van der Waals surface area contributed by atoms with Crippen molar-refractivity contribution in [2.75, 3.05) is 13.2 Å². The Labute approximate surface area is 125 Å². The predicted octanol–water partition coefficient (Wildman–Crippen LogP) is 3.45. The summed E-state index contributed by atoms with van der Waals surface area (Å²) in [5, 5.41) is 4.88. The summed E-state index contributed by atoms with van der Waals surface area (Å²) in [7, 11) is 0. The molecule has 0 radical (unpaired) electrons. The minimum Gasteiger partial charge on any atom is -0.373 e. The molecule has 4 rings (SSSR count). The van der Waals surface area contributed by atoms with Crippen LogP contribution in [0, 0.1) is 5.92 Å². The average molecular weight is 282 g/mol. The zero-order valence-corrected chi connectivity index (χ0v) is 12.3. The van der Waals surface area contributed by atoms with Gasteiger partial charge in [-0.05, 0) is 49.4 Å². The molecule has 2 aliphatic rings. The van der Waals surface area contributed by atoms with E-state index in [9.17, 15) is 0 Å². The number of hydrogen-bond donors (Lipinski definition) is 1. The van der Waals surface area contributed by atoms with Crippen molar-refractivity contribution in [3.63, 3.8) is 0 Å². The van der Waals surface area contributed by atoms with Crippen LogP contribution in [-0.4, -0.2) is 24.2 Å². The summed E-state index contributed by atoms with van der Waals surface area (Å²) in [5.74, 6) is 0.591. The van der Waals surface area contributed by atoms with Gasteiger partial charge >= 0.3 is 0 Å². The van der Waals surface area contributed by atoms with Crippen LogP contribution in [0.1, 0.15) is 37.4 Å². The predicted molar refractivity (Wildman–Crippen MR) is 84.2 cm³/mol. The molecule has 1 saturated heterocycles. The quantitative estimate of drug-likeness (QED) is 0.932. The Bertz CT molecular complexity index is 623. The van der Waals surface area contributed by atoms with E-state index in [2.05, 4.69) is 34.6 Å². The fraction of sp³-hybridized carbons (Fsp3) is 0.500. The molecule has 1 aliphatic heterocycles. The number of hydrogen-bond acceptors (Lipinski definition) is 3. The van der Waals surface area contributed by atoms with Crippen molar-refractivity contribution in [1.29, 1.82) is 0 Å². The zero-order valence-electron chi connectivity index (χ0n) is 12.3. The molecule has 1 aliphatic carbocycles. The van der Waals surface area contributed by atoms with Crippen molar-refractivity contribution < 1.29 is 4.74 Å². The molecular formula is C18H22N2O. The van der Waals surface area contributed by atoms with Gasteiger partial charge in [-0.2, -0.15) is 0 Å². The molecule has 1 saturated carbocycles. The highest BCUT2D eigenvalue weighted by Gasteiger charge is 2.29. The van der Waals surface area contributed by atoms with E-state index in [-0.39, 0.29) is 6.10 Å². The van der Waals surface area contributed by atoms with Crippen molar-refractivity contribution in [3.8, 4) is 0 Å². The second-order valence-electron chi connectivity index (χ2n) is 6.33. The molecule has 1 aromatic heterocycles. The number of ether oxygens (including phenoxy) is 1. The first-order chi connectivity index (χ1) is 10.4. The lowest BCUT2D eigenvalue weighted by atomic mass is 9.89. The molecule has 3 heteroatoms. The first kappa shape index (κ1) is 13.2. The Morgan fingerprint density at radius 3 is 3.05 bits per heavy atom. The molecule has 1 N–H and O–H groups in total. The van der Waals surface area contributed by atoms with Crippen LogP contribution in [0.2, 0.25) is 0 Å². The van der Waals surface area contributed by atoms with Crippen molar-refractivity contribution in [2.45, 2.75) is 37.8 Å². The highest BCUT2D eigenvalue weighted by atomic mass is 16.5. The Morgan fingerprint density at radius 2 is 2.14 bits per heavy atom. The third-order valence-electron chi connectivity index (χ3n) is 4.65. The lowest BCUT2D eigenvalue weighted by Gasteiger charge is -2.32. The van der Waals surface area contributed by atoms with Gasteiger partial charge in [-0.15, -0.1) is 0 Å². The van der Waals surface area contributed by atoms with Gasteiger partial charge in [0.15, 0.2) is 0 Å². The third-order valence-corrected chi connectivity index (χ3v) is 4.65. The van der Waals surface area contributed by atoms with E-state index in [1.165, 1.54) is 36.6 Å². The van der Waals surface area contributed by atoms with E-state index in [4.69, 9.17) is 4.74 Å². The molecule has 2 aromatic rings. The minimum atomic E-state index is 0.231. The zero-order chi connectivity index (χ0) is 14.1. The molecule has 3 nitrogen and oxygen atoms in total. The maximum atomic E-state index is 6.12. The molecular weight excluding hydrogens is 260 g/mol. The van der Waals surface area contributed by atoms with Crippen LogP contribution in [-0.2, 0) is 4.74 Å². The van der Waals surface area contributed by atoms with E-state index in [1.54, 1.807) is 0 Å². The van der Waals surface area contributed by atoms with Crippen LogP contribution in [0.25, 0.3) is 10.9 Å². The molecule has 0 spiro atoms. The van der Waals surface area contributed by atoms with E-state index in [1.807, 2.05) is 12.3 Å². The normalized spacial score (nSPS) is 26.1. The molecule has 0 bridgehead atoms. The highest BCUT2D eigenvalue weighted by molar-refractivity contribution is 5.79. The Hall–Kier alpha value is -1.45. The van der Waals surface area contributed by atoms with Gasteiger partial charge in [0.05, 0.1) is 11.6 Å². The Balaban J connectivity index is 1.57. The summed E-state index contributed by atoms with van der Waals surface area (Å²) >= 11 is 0. The third kappa shape index (κ3) is 2.94. The fourth-order valence-corrected chi connectivity index (χ4v) is 3.30. The minimum absolute atomic E-state index is 0.231. The van der Waals surface area contributed by atoms with Gasteiger partial charge in [-0.3, -0.25) is 4.98 Å². The number of benzene rings is 1. The van der Waals surface area contributed by atoms with Gasteiger partial charge < -0.3 is 10.1 Å². The summed E-state index contributed by atoms with van der Waals surface area (Å²) in [4.78, 5) is 4.40. The Kier molecular flexibility index (Phi) is 3.62. The molecule has 21 heavy (non-hydrogen) atoms. The maximum Gasteiger partial charge on any atom is 0.0865 e. The smallest absolute Gasteiger partial charge is 0.0865 e. The maximum absolute atomic E-state index is 6.12. The SMILES string of the molecule is c1cnc2ccc(C3OCCCC3CNC3CC3)cc2c1. The molecule has 2 unspecified atom stereocenters. The van der Waals surface area contributed by atoms with Gasteiger partial charge in [0, 0.05) is 36.7 Å². The summed E-state index contributed by atoms with van der Waals surface area (Å²) in [6, 6.07) is 11.5. The standard InChI is InChI=1S/C18H22N2O/c1-3-13-11-14(5-8-17(13)19-9-1)18-15(4-2-10-21-18)12-20-16-6-7-16/h1,3,5,8-9,11,15-16,18,20H,2,4,6-7,10,12H2. The van der Waals surface area contributed by atoms with Gasteiger partial charge in [0.25, 0.3) is 0 Å². The van der Waals surface area contributed by atoms with Crippen molar-refractivity contribution >= 4 is 10.9 Å². The largest absolute Gasteiger partial charge is 0.373 e. The molecule has 0 amide bonds. The number of rotatable bonds is 4. The lowest BCUT2D eigenvalue weighted by Crippen LogP contribution is -2.32. The van der Waals surface area contributed by atoms with Crippen molar-refractivity contribution in [1.82, 2.24) is 10.3 Å². The van der Waals surface area contributed by atoms with Crippen LogP contribution in [0.4, 0.5) is 0 Å². The van der Waals surface area contributed by atoms with E-state index in [0.29, 0.717) is 5.92 Å². The molecule has 2 atom stereocenters. The van der Waals surface area contributed by atoms with E-state index < -0.39 is 0 Å². The van der Waals surface area contributed by atoms with Gasteiger partial charge in [0.1, 0.15) is 0 Å². The highest BCUT2D eigenvalue weighted by Crippen LogP contribution is 2.35. The van der Waals surface area contributed by atoms with Crippen LogP contribution in [0.15, 0.2) is 36.5 Å². The summed E-state index contributed by atoms with van der Waals surface area (Å²) in [5.41, 5.74) is 2.36. The number of pyridine rings is 1. The summed E-state index contributed by atoms with van der Waals surface area (Å²) in [6.45, 7) is 1.97. The van der Waals surface area contributed by atoms with Crippen LogP contribution >= 0.6 is 0 Å². The fourth-order valence-electron chi connectivity index (χ4n) is 3.30. The number of fused-ring (bicyclic) bond motifs is 1. The van der Waals surface area contributed by atoms with Crippen molar-refractivity contribution in [2.24, 2.45) is 5.92 Å². The van der Waals surface area contributed by atoms with Crippen LogP contribution in [0.5, 0.6) is 0 Å². The topological polar surface area (TPSA) is 34.1 Å². The van der Waals surface area contributed by atoms with Crippen molar-refractivity contribution in [3.05, 3.63) is 42.1 Å². The first-order valence-electron chi connectivity index (χ1n) is 8.10. The summed E-state index contributed by atoms with van der Waals surface area (Å²) < 4.78 is 6.12. The number of nitrogens with zero attached hydrogens (tertiary/aromatic N) is 1. The second kappa shape index (κ2) is 5.74. The first-order valence-corrected chi connectivity index (χ1v) is 8.10. The van der Waals surface area contributed by atoms with Crippen LogP contribution in [0.3, 0.4) is 0 Å². The van der Waals surface area contributed by atoms with Gasteiger partial charge in [-0.25, -0.2) is 0 Å². The lowest BCUT2D eigenvalue weighted by molar-refractivity contribution is -0.0277.